The van der Waals surface area contributed by atoms with Gasteiger partial charge in [0.1, 0.15) is 0 Å². The van der Waals surface area contributed by atoms with Gasteiger partial charge in [0.2, 0.25) is 5.91 Å². The SMILES string of the molecule is COC(=O)CC(C)SCC(=O)Nc1ccccc1Cl. The van der Waals surface area contributed by atoms with Crippen LogP contribution in [-0.4, -0.2) is 30.0 Å². The normalized spacial score (nSPS) is 11.7. The molecule has 1 unspecified atom stereocenters. The van der Waals surface area contributed by atoms with Gasteiger partial charge in [0.15, 0.2) is 0 Å². The summed E-state index contributed by atoms with van der Waals surface area (Å²) in [5, 5.41) is 3.26. The molecule has 1 amide bonds. The summed E-state index contributed by atoms with van der Waals surface area (Å²) in [4.78, 5) is 22.8. The molecule has 6 heteroatoms. The van der Waals surface area contributed by atoms with E-state index in [9.17, 15) is 9.59 Å². The third-order valence-corrected chi connectivity index (χ3v) is 3.82. The summed E-state index contributed by atoms with van der Waals surface area (Å²) in [5.74, 6) is -0.148. The lowest BCUT2D eigenvalue weighted by Gasteiger charge is -2.10. The standard InChI is InChI=1S/C13H16ClNO3S/c1-9(7-13(17)18-2)19-8-12(16)15-11-6-4-3-5-10(11)14/h3-6,9H,7-8H2,1-2H3,(H,15,16). The number of carbonyl (C=O) groups excluding carboxylic acids is 2. The van der Waals surface area contributed by atoms with Crippen LogP contribution >= 0.6 is 23.4 Å². The second-order valence-electron chi connectivity index (χ2n) is 3.93. The van der Waals surface area contributed by atoms with Crippen molar-refractivity contribution in [2.24, 2.45) is 0 Å². The highest BCUT2D eigenvalue weighted by Gasteiger charge is 2.12. The van der Waals surface area contributed by atoms with Gasteiger partial charge in [0.25, 0.3) is 0 Å². The second-order valence-corrected chi connectivity index (χ2v) is 5.76. The first kappa shape index (κ1) is 15.9. The number of hydrogen-bond acceptors (Lipinski definition) is 4. The van der Waals surface area contributed by atoms with Crippen LogP contribution < -0.4 is 5.32 Å². The van der Waals surface area contributed by atoms with Crippen molar-refractivity contribution in [3.8, 4) is 0 Å². The fourth-order valence-electron chi connectivity index (χ4n) is 1.34. The van der Waals surface area contributed by atoms with Crippen LogP contribution in [0.2, 0.25) is 5.02 Å². The third-order valence-electron chi connectivity index (χ3n) is 2.33. The molecule has 1 aromatic carbocycles. The van der Waals surface area contributed by atoms with E-state index >= 15 is 0 Å². The Morgan fingerprint density at radius 1 is 1.42 bits per heavy atom. The number of amides is 1. The molecule has 0 aliphatic heterocycles. The predicted molar refractivity (Wildman–Crippen MR) is 78.6 cm³/mol. The van der Waals surface area contributed by atoms with Gasteiger partial charge in [-0.2, -0.15) is 0 Å². The monoisotopic (exact) mass is 301 g/mol. The summed E-state index contributed by atoms with van der Waals surface area (Å²) >= 11 is 7.33. The van der Waals surface area contributed by atoms with E-state index in [1.165, 1.54) is 18.9 Å². The van der Waals surface area contributed by atoms with Crippen LogP contribution in [0.1, 0.15) is 13.3 Å². The van der Waals surface area contributed by atoms with Crippen LogP contribution in [0.5, 0.6) is 0 Å². The lowest BCUT2D eigenvalue weighted by atomic mass is 10.3. The van der Waals surface area contributed by atoms with Gasteiger partial charge in [0, 0.05) is 5.25 Å². The molecule has 1 N–H and O–H groups in total. The van der Waals surface area contributed by atoms with E-state index in [1.54, 1.807) is 24.3 Å². The zero-order chi connectivity index (χ0) is 14.3. The molecule has 1 aromatic rings. The summed E-state index contributed by atoms with van der Waals surface area (Å²) < 4.78 is 4.57. The number of thioether (sulfide) groups is 1. The Labute approximate surface area is 121 Å². The molecule has 0 saturated heterocycles. The molecule has 19 heavy (non-hydrogen) atoms. The molecule has 0 radical (unpaired) electrons. The molecule has 0 heterocycles. The van der Waals surface area contributed by atoms with Crippen LogP contribution in [0.3, 0.4) is 0 Å². The van der Waals surface area contributed by atoms with Crippen molar-refractivity contribution in [2.45, 2.75) is 18.6 Å². The molecule has 0 aliphatic carbocycles. The summed E-state index contributed by atoms with van der Waals surface area (Å²) in [6, 6.07) is 7.05. The predicted octanol–water partition coefficient (Wildman–Crippen LogP) is 2.96. The lowest BCUT2D eigenvalue weighted by Crippen LogP contribution is -2.17. The number of carbonyl (C=O) groups is 2. The third kappa shape index (κ3) is 5.98. The van der Waals surface area contributed by atoms with Gasteiger partial charge in [-0.05, 0) is 12.1 Å². The van der Waals surface area contributed by atoms with Gasteiger partial charge in [-0.3, -0.25) is 9.59 Å². The van der Waals surface area contributed by atoms with Gasteiger partial charge in [-0.25, -0.2) is 0 Å². The van der Waals surface area contributed by atoms with E-state index in [4.69, 9.17) is 11.6 Å². The van der Waals surface area contributed by atoms with Gasteiger partial charge in [-0.15, -0.1) is 11.8 Å². The Morgan fingerprint density at radius 2 is 2.11 bits per heavy atom. The van der Waals surface area contributed by atoms with E-state index in [2.05, 4.69) is 10.1 Å². The van der Waals surface area contributed by atoms with Crippen LogP contribution in [0.4, 0.5) is 5.69 Å². The molecule has 1 rings (SSSR count). The minimum atomic E-state index is -0.272. The molecular formula is C13H16ClNO3S. The number of halogens is 1. The van der Waals surface area contributed by atoms with Gasteiger partial charge in [-0.1, -0.05) is 30.7 Å². The highest BCUT2D eigenvalue weighted by Crippen LogP contribution is 2.21. The number of anilines is 1. The van der Waals surface area contributed by atoms with Crippen molar-refractivity contribution >= 4 is 40.9 Å². The Hall–Kier alpha value is -1.20. The van der Waals surface area contributed by atoms with Crippen molar-refractivity contribution in [1.29, 1.82) is 0 Å². The fraction of sp³-hybridized carbons (Fsp3) is 0.385. The largest absolute Gasteiger partial charge is 0.469 e. The minimum absolute atomic E-state index is 0.0319. The summed E-state index contributed by atoms with van der Waals surface area (Å²) in [5.41, 5.74) is 0.593. The number of rotatable bonds is 6. The highest BCUT2D eigenvalue weighted by molar-refractivity contribution is 8.00. The highest BCUT2D eigenvalue weighted by atomic mass is 35.5. The average molecular weight is 302 g/mol. The number of nitrogens with one attached hydrogen (secondary N) is 1. The van der Waals surface area contributed by atoms with E-state index in [-0.39, 0.29) is 22.9 Å². The quantitative estimate of drug-likeness (QED) is 0.821. The molecule has 1 atom stereocenters. The smallest absolute Gasteiger partial charge is 0.306 e. The summed E-state index contributed by atoms with van der Waals surface area (Å²) in [6.45, 7) is 1.88. The Kier molecular flexibility index (Phi) is 6.73. The number of esters is 1. The Morgan fingerprint density at radius 3 is 2.74 bits per heavy atom. The van der Waals surface area contributed by atoms with Gasteiger partial charge in [0.05, 0.1) is 30.0 Å². The van der Waals surface area contributed by atoms with Gasteiger partial charge >= 0.3 is 5.97 Å². The number of ether oxygens (including phenoxy) is 1. The van der Waals surface area contributed by atoms with Crippen LogP contribution in [0.25, 0.3) is 0 Å². The van der Waals surface area contributed by atoms with Crippen LogP contribution in [0, 0.1) is 0 Å². The summed E-state index contributed by atoms with van der Waals surface area (Å²) in [7, 11) is 1.35. The zero-order valence-corrected chi connectivity index (χ0v) is 12.4. The van der Waals surface area contributed by atoms with E-state index in [0.717, 1.165) is 0 Å². The van der Waals surface area contributed by atoms with Crippen molar-refractivity contribution in [1.82, 2.24) is 0 Å². The Balaban J connectivity index is 2.36. The van der Waals surface area contributed by atoms with Crippen molar-refractivity contribution < 1.29 is 14.3 Å². The Bertz CT molecular complexity index is 453. The fourth-order valence-corrected chi connectivity index (χ4v) is 2.29. The molecule has 0 saturated carbocycles. The van der Waals surface area contributed by atoms with Crippen molar-refractivity contribution in [3.63, 3.8) is 0 Å². The minimum Gasteiger partial charge on any atom is -0.469 e. The maximum atomic E-state index is 11.7. The van der Waals surface area contributed by atoms with Crippen molar-refractivity contribution in [2.75, 3.05) is 18.2 Å². The number of methoxy groups -OCH3 is 1. The first-order chi connectivity index (χ1) is 9.02. The lowest BCUT2D eigenvalue weighted by molar-refractivity contribution is -0.140. The number of para-hydroxylation sites is 1. The maximum absolute atomic E-state index is 11.7. The van der Waals surface area contributed by atoms with Crippen LogP contribution in [0.15, 0.2) is 24.3 Å². The topological polar surface area (TPSA) is 55.4 Å². The average Bonchev–Trinajstić information content (AvgIpc) is 2.39. The maximum Gasteiger partial charge on any atom is 0.306 e. The summed E-state index contributed by atoms with van der Waals surface area (Å²) in [6.07, 6.45) is 0.292. The zero-order valence-electron chi connectivity index (χ0n) is 10.8. The number of benzene rings is 1. The second kappa shape index (κ2) is 8.07. The molecule has 0 spiro atoms. The molecule has 104 valence electrons. The molecule has 0 aliphatic rings. The molecule has 0 aromatic heterocycles. The molecular weight excluding hydrogens is 286 g/mol. The van der Waals surface area contributed by atoms with E-state index in [0.29, 0.717) is 17.1 Å². The first-order valence-electron chi connectivity index (χ1n) is 5.75. The molecule has 0 bridgehead atoms. The van der Waals surface area contributed by atoms with E-state index < -0.39 is 0 Å². The van der Waals surface area contributed by atoms with Crippen molar-refractivity contribution in [3.05, 3.63) is 29.3 Å². The van der Waals surface area contributed by atoms with Gasteiger partial charge < -0.3 is 10.1 Å². The number of hydrogen-bond donors (Lipinski definition) is 1. The molecule has 0 fully saturated rings. The van der Waals surface area contributed by atoms with E-state index in [1.807, 2.05) is 6.92 Å². The van der Waals surface area contributed by atoms with Crippen LogP contribution in [-0.2, 0) is 14.3 Å². The molecule has 4 nitrogen and oxygen atoms in total. The first-order valence-corrected chi connectivity index (χ1v) is 7.18.